The highest BCUT2D eigenvalue weighted by atomic mass is 16.7. The van der Waals surface area contributed by atoms with Gasteiger partial charge in [-0.05, 0) is 30.7 Å². The van der Waals surface area contributed by atoms with Gasteiger partial charge in [0.05, 0.1) is 23.8 Å². The predicted molar refractivity (Wildman–Crippen MR) is 100 cm³/mol. The van der Waals surface area contributed by atoms with Crippen molar-refractivity contribution in [3.63, 3.8) is 0 Å². The highest BCUT2D eigenvalue weighted by molar-refractivity contribution is 6.30. The number of aliphatic hydroxyl groups is 3. The molecular formula is C21H20O9. The molecule has 158 valence electrons. The molecule has 2 aromatic rings. The topological polar surface area (TPSA) is 154 Å². The molecule has 0 spiro atoms. The fourth-order valence-corrected chi connectivity index (χ4v) is 3.75. The highest BCUT2D eigenvalue weighted by Crippen LogP contribution is 2.37. The van der Waals surface area contributed by atoms with E-state index < -0.39 is 48.0 Å². The second kappa shape index (κ2) is 7.46. The van der Waals surface area contributed by atoms with Crippen LogP contribution in [0.2, 0.25) is 0 Å². The van der Waals surface area contributed by atoms with Crippen molar-refractivity contribution in [1.82, 2.24) is 0 Å². The average Bonchev–Trinajstić information content (AvgIpc) is 2.71. The summed E-state index contributed by atoms with van der Waals surface area (Å²) in [6, 6.07) is 6.76. The fourth-order valence-electron chi connectivity index (χ4n) is 3.75. The quantitative estimate of drug-likeness (QED) is 0.403. The summed E-state index contributed by atoms with van der Waals surface area (Å²) in [7, 11) is 0. The van der Waals surface area contributed by atoms with E-state index in [1.165, 1.54) is 37.3 Å². The summed E-state index contributed by atoms with van der Waals surface area (Å²) in [5.74, 6) is -2.00. The van der Waals surface area contributed by atoms with Gasteiger partial charge in [0.25, 0.3) is 0 Å². The number of aromatic hydroxyl groups is 2. The molecule has 2 aliphatic rings. The lowest BCUT2D eigenvalue weighted by atomic mass is 9.82. The number of fused-ring (bicyclic) bond motifs is 2. The lowest BCUT2D eigenvalue weighted by molar-refractivity contribution is -0.296. The van der Waals surface area contributed by atoms with Gasteiger partial charge >= 0.3 is 0 Å². The molecular weight excluding hydrogens is 396 g/mol. The molecule has 5 N–H and O–H groups in total. The summed E-state index contributed by atoms with van der Waals surface area (Å²) in [6.07, 6.45) is -6.26. The van der Waals surface area contributed by atoms with Gasteiger partial charge in [0, 0.05) is 11.1 Å². The average molecular weight is 416 g/mol. The van der Waals surface area contributed by atoms with E-state index in [1.807, 2.05) is 0 Å². The van der Waals surface area contributed by atoms with E-state index in [0.717, 1.165) is 0 Å². The van der Waals surface area contributed by atoms with Gasteiger partial charge in [-0.2, -0.15) is 0 Å². The summed E-state index contributed by atoms with van der Waals surface area (Å²) < 4.78 is 10.8. The van der Waals surface area contributed by atoms with Gasteiger partial charge in [0.15, 0.2) is 12.1 Å². The molecule has 1 saturated heterocycles. The van der Waals surface area contributed by atoms with E-state index in [1.54, 1.807) is 0 Å². The van der Waals surface area contributed by atoms with Crippen LogP contribution >= 0.6 is 0 Å². The molecule has 2 aromatic carbocycles. The Labute approximate surface area is 170 Å². The zero-order valence-corrected chi connectivity index (χ0v) is 15.8. The molecule has 1 aliphatic carbocycles. The molecule has 0 radical (unpaired) electrons. The van der Waals surface area contributed by atoms with E-state index >= 15 is 0 Å². The maximum Gasteiger partial charge on any atom is 0.201 e. The van der Waals surface area contributed by atoms with Crippen molar-refractivity contribution in [3.8, 4) is 11.5 Å². The lowest BCUT2D eigenvalue weighted by Gasteiger charge is -2.38. The van der Waals surface area contributed by atoms with Crippen molar-refractivity contribution in [1.29, 1.82) is 0 Å². The van der Waals surface area contributed by atoms with Gasteiger partial charge in [0.2, 0.25) is 5.78 Å². The SMILES string of the molecule is CC1OC(OCc2cc(O)c3c(c2)C(=O)c2cccc(O)c2C3=O)C(O)C(O)C1O. The van der Waals surface area contributed by atoms with Gasteiger partial charge in [-0.1, -0.05) is 12.1 Å². The zero-order chi connectivity index (χ0) is 21.7. The number of carbonyl (C=O) groups is 2. The smallest absolute Gasteiger partial charge is 0.201 e. The summed E-state index contributed by atoms with van der Waals surface area (Å²) in [5.41, 5.74) is -0.0546. The Balaban J connectivity index is 1.61. The molecule has 1 heterocycles. The maximum absolute atomic E-state index is 12.8. The van der Waals surface area contributed by atoms with Crippen molar-refractivity contribution in [2.24, 2.45) is 0 Å². The molecule has 30 heavy (non-hydrogen) atoms. The lowest BCUT2D eigenvalue weighted by Crippen LogP contribution is -2.57. The van der Waals surface area contributed by atoms with Crippen LogP contribution in [0.3, 0.4) is 0 Å². The maximum atomic E-state index is 12.8. The molecule has 1 aliphatic heterocycles. The molecule has 9 nitrogen and oxygen atoms in total. The Kier molecular flexibility index (Phi) is 5.08. The summed E-state index contributed by atoms with van der Waals surface area (Å²) in [6.45, 7) is 1.30. The van der Waals surface area contributed by atoms with Crippen LogP contribution in [0.4, 0.5) is 0 Å². The Hall–Kier alpha value is -2.82. The van der Waals surface area contributed by atoms with Gasteiger partial charge in [-0.25, -0.2) is 0 Å². The standard InChI is InChI=1S/C21H20O9/c1-8-16(24)19(27)20(28)21(30-8)29-7-9-5-11-15(13(23)6-9)18(26)14-10(17(11)25)3-2-4-12(14)22/h2-6,8,16,19-24,27-28H,7H2,1H3. The van der Waals surface area contributed by atoms with Crippen LogP contribution in [0.25, 0.3) is 0 Å². The highest BCUT2D eigenvalue weighted by Gasteiger charge is 2.42. The predicted octanol–water partition coefficient (Wildman–Crippen LogP) is 0.217. The van der Waals surface area contributed by atoms with Crippen LogP contribution in [-0.4, -0.2) is 67.8 Å². The molecule has 0 bridgehead atoms. The van der Waals surface area contributed by atoms with Gasteiger partial charge in [-0.15, -0.1) is 0 Å². The number of phenolic OH excluding ortho intramolecular Hbond substituents is 2. The number of phenols is 2. The van der Waals surface area contributed by atoms with Crippen molar-refractivity contribution in [3.05, 3.63) is 58.1 Å². The fraction of sp³-hybridized carbons (Fsp3) is 0.333. The number of aliphatic hydroxyl groups excluding tert-OH is 3. The van der Waals surface area contributed by atoms with Crippen LogP contribution < -0.4 is 0 Å². The molecule has 0 amide bonds. The van der Waals surface area contributed by atoms with Crippen LogP contribution in [0, 0.1) is 0 Å². The summed E-state index contributed by atoms with van der Waals surface area (Å²) in [5, 5.41) is 50.0. The minimum absolute atomic E-state index is 0.0296. The molecule has 5 atom stereocenters. The molecule has 1 fully saturated rings. The van der Waals surface area contributed by atoms with E-state index in [0.29, 0.717) is 5.56 Å². The second-order valence-corrected chi connectivity index (χ2v) is 7.39. The third-order valence-electron chi connectivity index (χ3n) is 5.39. The number of ether oxygens (including phenoxy) is 2. The first kappa shape index (κ1) is 20.5. The van der Waals surface area contributed by atoms with E-state index in [-0.39, 0.29) is 34.6 Å². The van der Waals surface area contributed by atoms with Gasteiger partial charge in [-0.3, -0.25) is 9.59 Å². The Bertz CT molecular complexity index is 1030. The first-order valence-corrected chi connectivity index (χ1v) is 9.29. The van der Waals surface area contributed by atoms with Gasteiger partial charge in [0.1, 0.15) is 29.8 Å². The van der Waals surface area contributed by atoms with Crippen molar-refractivity contribution in [2.45, 2.75) is 44.2 Å². The number of rotatable bonds is 3. The van der Waals surface area contributed by atoms with E-state index in [4.69, 9.17) is 9.47 Å². The zero-order valence-electron chi connectivity index (χ0n) is 15.8. The summed E-state index contributed by atoms with van der Waals surface area (Å²) in [4.78, 5) is 25.6. The first-order chi connectivity index (χ1) is 14.2. The number of carbonyl (C=O) groups excluding carboxylic acids is 2. The van der Waals surface area contributed by atoms with Crippen LogP contribution in [0.15, 0.2) is 30.3 Å². The molecule has 0 aromatic heterocycles. The largest absolute Gasteiger partial charge is 0.507 e. The molecule has 5 unspecified atom stereocenters. The number of benzene rings is 2. The van der Waals surface area contributed by atoms with Crippen molar-refractivity contribution >= 4 is 11.6 Å². The minimum Gasteiger partial charge on any atom is -0.507 e. The van der Waals surface area contributed by atoms with Crippen molar-refractivity contribution < 1.29 is 44.6 Å². The van der Waals surface area contributed by atoms with Crippen LogP contribution in [-0.2, 0) is 16.1 Å². The third kappa shape index (κ3) is 3.17. The number of hydrogen-bond donors (Lipinski definition) is 5. The minimum atomic E-state index is -1.50. The van der Waals surface area contributed by atoms with Crippen molar-refractivity contribution in [2.75, 3.05) is 0 Å². The molecule has 4 rings (SSSR count). The molecule has 9 heteroatoms. The normalized spacial score (nSPS) is 28.2. The first-order valence-electron chi connectivity index (χ1n) is 9.29. The Morgan fingerprint density at radius 3 is 2.33 bits per heavy atom. The van der Waals surface area contributed by atoms with E-state index in [2.05, 4.69) is 0 Å². The second-order valence-electron chi connectivity index (χ2n) is 7.39. The van der Waals surface area contributed by atoms with Crippen LogP contribution in [0.5, 0.6) is 11.5 Å². The van der Waals surface area contributed by atoms with Gasteiger partial charge < -0.3 is 35.0 Å². The van der Waals surface area contributed by atoms with E-state index in [9.17, 15) is 35.1 Å². The number of hydrogen-bond acceptors (Lipinski definition) is 9. The number of ketones is 2. The Morgan fingerprint density at radius 2 is 1.60 bits per heavy atom. The molecule has 0 saturated carbocycles. The Morgan fingerprint density at radius 1 is 0.900 bits per heavy atom. The monoisotopic (exact) mass is 416 g/mol. The summed E-state index contributed by atoms with van der Waals surface area (Å²) >= 11 is 0. The third-order valence-corrected chi connectivity index (χ3v) is 5.39. The van der Waals surface area contributed by atoms with Crippen LogP contribution in [0.1, 0.15) is 44.3 Å².